The molecule has 1 atom stereocenters. The summed E-state index contributed by atoms with van der Waals surface area (Å²) in [5.74, 6) is 0. The summed E-state index contributed by atoms with van der Waals surface area (Å²) in [4.78, 5) is 14.0. The Morgan fingerprint density at radius 3 is 2.92 bits per heavy atom. The summed E-state index contributed by atoms with van der Waals surface area (Å²) in [5.41, 5.74) is 1.98. The topological polar surface area (TPSA) is 87.7 Å². The van der Waals surface area contributed by atoms with Crippen LogP contribution in [0.15, 0.2) is 23.1 Å². The Kier molecular flexibility index (Phi) is 5.61. The van der Waals surface area contributed by atoms with Gasteiger partial charge in [-0.2, -0.15) is 0 Å². The van der Waals surface area contributed by atoms with Gasteiger partial charge in [-0.3, -0.25) is 0 Å². The van der Waals surface area contributed by atoms with Crippen LogP contribution in [0.1, 0.15) is 30.9 Å². The molecule has 2 amide bonds. The largest absolute Gasteiger partial charge is 0.377 e. The van der Waals surface area contributed by atoms with Crippen molar-refractivity contribution in [1.82, 2.24) is 14.9 Å². The van der Waals surface area contributed by atoms with Crippen molar-refractivity contribution in [1.29, 1.82) is 0 Å². The Bertz CT molecular complexity index is 729. The molecule has 1 aromatic carbocycles. The van der Waals surface area contributed by atoms with Crippen molar-refractivity contribution in [3.05, 3.63) is 29.3 Å². The fourth-order valence-corrected chi connectivity index (χ4v) is 4.34. The lowest BCUT2D eigenvalue weighted by molar-refractivity contribution is 0.114. The molecule has 7 nitrogen and oxygen atoms in total. The number of carbonyl (C=O) groups excluding carboxylic acids is 1. The van der Waals surface area contributed by atoms with Crippen LogP contribution in [0.25, 0.3) is 0 Å². The van der Waals surface area contributed by atoms with Crippen LogP contribution in [0.3, 0.4) is 0 Å². The second-order valence-corrected chi connectivity index (χ2v) is 8.19. The van der Waals surface area contributed by atoms with E-state index in [1.165, 1.54) is 0 Å². The maximum Gasteiger partial charge on any atom is 0.317 e. The van der Waals surface area contributed by atoms with Gasteiger partial charge in [0.05, 0.1) is 11.0 Å². The van der Waals surface area contributed by atoms with Gasteiger partial charge in [-0.15, -0.1) is 0 Å². The zero-order valence-electron chi connectivity index (χ0n) is 14.5. The lowest BCUT2D eigenvalue weighted by Gasteiger charge is -2.29. The third kappa shape index (κ3) is 4.31. The van der Waals surface area contributed by atoms with Crippen LogP contribution in [-0.4, -0.2) is 51.7 Å². The molecule has 3 rings (SSSR count). The van der Waals surface area contributed by atoms with Crippen molar-refractivity contribution >= 4 is 16.1 Å². The van der Waals surface area contributed by atoms with Crippen LogP contribution in [0.5, 0.6) is 0 Å². The molecular weight excluding hydrogens is 342 g/mol. The standard InChI is InChI=1S/C17H25N3O4S/c1-2-18-17(21)20-8-7-13-5-6-16(10-14(13)12-20)25(22,23)19-11-15-4-3-9-24-15/h5-6,10,15,19H,2-4,7-9,11-12H2,1H3,(H,18,21)/t15-/m0/s1. The highest BCUT2D eigenvalue weighted by Crippen LogP contribution is 2.23. The molecule has 0 unspecified atom stereocenters. The van der Waals surface area contributed by atoms with E-state index < -0.39 is 10.0 Å². The van der Waals surface area contributed by atoms with Gasteiger partial charge in [0.25, 0.3) is 0 Å². The van der Waals surface area contributed by atoms with Crippen LogP contribution in [0, 0.1) is 0 Å². The lowest BCUT2D eigenvalue weighted by Crippen LogP contribution is -2.42. The number of hydrogen-bond donors (Lipinski definition) is 2. The number of amides is 2. The highest BCUT2D eigenvalue weighted by molar-refractivity contribution is 7.89. The Morgan fingerprint density at radius 1 is 1.36 bits per heavy atom. The number of nitrogens with zero attached hydrogens (tertiary/aromatic N) is 1. The summed E-state index contributed by atoms with van der Waals surface area (Å²) in [7, 11) is -3.58. The maximum atomic E-state index is 12.5. The number of ether oxygens (including phenoxy) is 1. The number of benzene rings is 1. The van der Waals surface area contributed by atoms with E-state index >= 15 is 0 Å². The first kappa shape index (κ1) is 18.2. The average Bonchev–Trinajstić information content (AvgIpc) is 3.13. The van der Waals surface area contributed by atoms with Crippen molar-refractivity contribution in [2.24, 2.45) is 0 Å². The first-order valence-corrected chi connectivity index (χ1v) is 10.2. The predicted molar refractivity (Wildman–Crippen MR) is 93.8 cm³/mol. The summed E-state index contributed by atoms with van der Waals surface area (Å²) in [6.07, 6.45) is 2.55. The predicted octanol–water partition coefficient (Wildman–Crippen LogP) is 1.23. The quantitative estimate of drug-likeness (QED) is 0.819. The van der Waals surface area contributed by atoms with E-state index in [2.05, 4.69) is 10.0 Å². The van der Waals surface area contributed by atoms with E-state index in [0.29, 0.717) is 32.8 Å². The lowest BCUT2D eigenvalue weighted by atomic mass is 10.0. The van der Waals surface area contributed by atoms with E-state index in [9.17, 15) is 13.2 Å². The molecule has 25 heavy (non-hydrogen) atoms. The molecule has 0 aromatic heterocycles. The van der Waals surface area contributed by atoms with E-state index in [1.54, 1.807) is 17.0 Å². The van der Waals surface area contributed by atoms with Gasteiger partial charge in [-0.25, -0.2) is 17.9 Å². The first-order chi connectivity index (χ1) is 12.0. The minimum Gasteiger partial charge on any atom is -0.377 e. The maximum absolute atomic E-state index is 12.5. The summed E-state index contributed by atoms with van der Waals surface area (Å²) in [6, 6.07) is 5.06. The Morgan fingerprint density at radius 2 is 2.20 bits per heavy atom. The number of hydrogen-bond acceptors (Lipinski definition) is 4. The number of rotatable bonds is 5. The molecule has 1 fully saturated rings. The number of carbonyl (C=O) groups is 1. The highest BCUT2D eigenvalue weighted by atomic mass is 32.2. The fourth-order valence-electron chi connectivity index (χ4n) is 3.23. The van der Waals surface area contributed by atoms with Crippen molar-refractivity contribution in [3.8, 4) is 0 Å². The molecule has 1 aromatic rings. The molecule has 0 bridgehead atoms. The minimum absolute atomic E-state index is 0.0411. The zero-order chi connectivity index (χ0) is 17.9. The van der Waals surface area contributed by atoms with Gasteiger partial charge in [0.15, 0.2) is 0 Å². The van der Waals surface area contributed by atoms with Gasteiger partial charge in [0.1, 0.15) is 0 Å². The molecule has 2 aliphatic heterocycles. The van der Waals surface area contributed by atoms with Crippen molar-refractivity contribution in [2.45, 2.75) is 43.7 Å². The molecule has 0 spiro atoms. The Hall–Kier alpha value is -1.64. The number of sulfonamides is 1. The van der Waals surface area contributed by atoms with Gasteiger partial charge < -0.3 is 15.0 Å². The van der Waals surface area contributed by atoms with Crippen LogP contribution >= 0.6 is 0 Å². The van der Waals surface area contributed by atoms with E-state index in [1.807, 2.05) is 13.0 Å². The summed E-state index contributed by atoms with van der Waals surface area (Å²) >= 11 is 0. The third-order valence-electron chi connectivity index (χ3n) is 4.64. The van der Waals surface area contributed by atoms with Crippen LogP contribution in [0.2, 0.25) is 0 Å². The fraction of sp³-hybridized carbons (Fsp3) is 0.588. The van der Waals surface area contributed by atoms with Crippen molar-refractivity contribution in [2.75, 3.05) is 26.2 Å². The molecule has 0 radical (unpaired) electrons. The molecule has 2 N–H and O–H groups in total. The van der Waals surface area contributed by atoms with Crippen LogP contribution in [0.4, 0.5) is 4.79 Å². The van der Waals surface area contributed by atoms with E-state index in [0.717, 1.165) is 30.4 Å². The van der Waals surface area contributed by atoms with Gasteiger partial charge in [-0.05, 0) is 49.4 Å². The third-order valence-corrected chi connectivity index (χ3v) is 6.06. The minimum atomic E-state index is -3.58. The average molecular weight is 367 g/mol. The van der Waals surface area contributed by atoms with Gasteiger partial charge in [0, 0.05) is 32.8 Å². The number of urea groups is 1. The summed E-state index contributed by atoms with van der Waals surface area (Å²) < 4.78 is 33.2. The van der Waals surface area contributed by atoms with Gasteiger partial charge >= 0.3 is 6.03 Å². The molecule has 1 saturated heterocycles. The van der Waals surface area contributed by atoms with Gasteiger partial charge in [0.2, 0.25) is 10.0 Å². The molecule has 8 heteroatoms. The van der Waals surface area contributed by atoms with E-state index in [4.69, 9.17) is 4.74 Å². The SMILES string of the molecule is CCNC(=O)N1CCc2ccc(S(=O)(=O)NC[C@@H]3CCCO3)cc2C1. The normalized spacial score (nSPS) is 20.4. The molecule has 2 heterocycles. The molecule has 2 aliphatic rings. The van der Waals surface area contributed by atoms with Gasteiger partial charge in [-0.1, -0.05) is 6.07 Å². The summed E-state index contributed by atoms with van der Waals surface area (Å²) in [6.45, 7) is 4.51. The number of nitrogens with one attached hydrogen (secondary N) is 2. The molecule has 0 saturated carbocycles. The monoisotopic (exact) mass is 367 g/mol. The van der Waals surface area contributed by atoms with Crippen LogP contribution in [-0.2, 0) is 27.7 Å². The molecule has 138 valence electrons. The molecule has 0 aliphatic carbocycles. The Labute approximate surface area is 148 Å². The zero-order valence-corrected chi connectivity index (χ0v) is 15.3. The first-order valence-electron chi connectivity index (χ1n) is 8.75. The number of fused-ring (bicyclic) bond motifs is 1. The van der Waals surface area contributed by atoms with Crippen LogP contribution < -0.4 is 10.0 Å². The second-order valence-electron chi connectivity index (χ2n) is 6.42. The van der Waals surface area contributed by atoms with E-state index in [-0.39, 0.29) is 17.0 Å². The van der Waals surface area contributed by atoms with Crippen molar-refractivity contribution in [3.63, 3.8) is 0 Å². The second kappa shape index (κ2) is 7.72. The Balaban J connectivity index is 1.71. The highest BCUT2D eigenvalue weighted by Gasteiger charge is 2.24. The van der Waals surface area contributed by atoms with Crippen molar-refractivity contribution < 1.29 is 17.9 Å². The molecular formula is C17H25N3O4S. The summed E-state index contributed by atoms with van der Waals surface area (Å²) in [5, 5.41) is 2.78. The smallest absolute Gasteiger partial charge is 0.317 e.